The third kappa shape index (κ3) is 2.70. The first-order valence-corrected chi connectivity index (χ1v) is 8.64. The molecule has 2 heterocycles. The van der Waals surface area contributed by atoms with Crippen LogP contribution in [0, 0.1) is 0 Å². The molecule has 0 bridgehead atoms. The van der Waals surface area contributed by atoms with Crippen molar-refractivity contribution in [1.29, 1.82) is 0 Å². The minimum absolute atomic E-state index is 0.864. The lowest BCUT2D eigenvalue weighted by molar-refractivity contribution is 0.416. The maximum atomic E-state index is 5.45. The highest BCUT2D eigenvalue weighted by molar-refractivity contribution is 7.13. The molecule has 0 saturated carbocycles. The highest BCUT2D eigenvalue weighted by Gasteiger charge is 2.19. The number of fused-ring (bicyclic) bond motifs is 1. The molecule has 0 radical (unpaired) electrons. The van der Waals surface area contributed by atoms with Gasteiger partial charge in [-0.2, -0.15) is 0 Å². The second kappa shape index (κ2) is 6.05. The zero-order chi connectivity index (χ0) is 15.6. The number of anilines is 1. The Labute approximate surface area is 140 Å². The Kier molecular flexibility index (Phi) is 3.75. The molecule has 0 fully saturated rings. The number of nitrogens with zero attached hydrogens (tertiary/aromatic N) is 2. The van der Waals surface area contributed by atoms with Crippen LogP contribution in [-0.2, 0) is 13.0 Å². The Morgan fingerprint density at radius 1 is 1.13 bits per heavy atom. The van der Waals surface area contributed by atoms with Gasteiger partial charge in [-0.3, -0.25) is 0 Å². The molecule has 23 heavy (non-hydrogen) atoms. The zero-order valence-electron chi connectivity index (χ0n) is 13.0. The van der Waals surface area contributed by atoms with Gasteiger partial charge in [0.1, 0.15) is 10.8 Å². The van der Waals surface area contributed by atoms with Crippen LogP contribution in [0.25, 0.3) is 10.6 Å². The van der Waals surface area contributed by atoms with Gasteiger partial charge in [0.25, 0.3) is 0 Å². The van der Waals surface area contributed by atoms with Crippen molar-refractivity contribution in [3.05, 3.63) is 65.2 Å². The predicted molar refractivity (Wildman–Crippen MR) is 95.3 cm³/mol. The lowest BCUT2D eigenvalue weighted by Gasteiger charge is -2.17. The van der Waals surface area contributed by atoms with Crippen LogP contribution >= 0.6 is 11.3 Å². The van der Waals surface area contributed by atoms with Crippen LogP contribution in [0.15, 0.2) is 53.9 Å². The van der Waals surface area contributed by atoms with E-state index in [9.17, 15) is 0 Å². The zero-order valence-corrected chi connectivity index (χ0v) is 13.8. The fourth-order valence-electron chi connectivity index (χ4n) is 3.09. The van der Waals surface area contributed by atoms with E-state index in [0.717, 1.165) is 41.5 Å². The van der Waals surface area contributed by atoms with Gasteiger partial charge in [0.15, 0.2) is 0 Å². The van der Waals surface area contributed by atoms with Crippen LogP contribution in [0.2, 0.25) is 0 Å². The van der Waals surface area contributed by atoms with Gasteiger partial charge in [-0.1, -0.05) is 30.3 Å². The van der Waals surface area contributed by atoms with Crippen molar-refractivity contribution in [3.63, 3.8) is 0 Å². The van der Waals surface area contributed by atoms with Crippen LogP contribution in [-0.4, -0.2) is 18.6 Å². The molecule has 0 spiro atoms. The SMILES string of the molecule is COc1ccccc1-c1nc(CN2CCc3ccccc32)cs1. The largest absolute Gasteiger partial charge is 0.496 e. The van der Waals surface area contributed by atoms with Gasteiger partial charge in [-0.15, -0.1) is 11.3 Å². The molecule has 0 N–H and O–H groups in total. The molecule has 1 aliphatic rings. The monoisotopic (exact) mass is 322 g/mol. The highest BCUT2D eigenvalue weighted by atomic mass is 32.1. The molecule has 1 aliphatic heterocycles. The number of ether oxygens (including phenoxy) is 1. The third-order valence-electron chi connectivity index (χ3n) is 4.23. The van der Waals surface area contributed by atoms with Gasteiger partial charge in [0, 0.05) is 17.6 Å². The smallest absolute Gasteiger partial charge is 0.129 e. The summed E-state index contributed by atoms with van der Waals surface area (Å²) in [4.78, 5) is 7.24. The van der Waals surface area contributed by atoms with Gasteiger partial charge in [-0.05, 0) is 30.2 Å². The van der Waals surface area contributed by atoms with E-state index < -0.39 is 0 Å². The van der Waals surface area contributed by atoms with E-state index in [4.69, 9.17) is 9.72 Å². The summed E-state index contributed by atoms with van der Waals surface area (Å²) in [6.45, 7) is 1.93. The van der Waals surface area contributed by atoms with Crippen molar-refractivity contribution >= 4 is 17.0 Å². The van der Waals surface area contributed by atoms with Gasteiger partial charge in [0.05, 0.1) is 24.9 Å². The molecule has 0 amide bonds. The molecule has 0 saturated heterocycles. The first kappa shape index (κ1) is 14.3. The quantitative estimate of drug-likeness (QED) is 0.713. The first-order valence-electron chi connectivity index (χ1n) is 7.76. The van der Waals surface area contributed by atoms with Crippen LogP contribution in [0.3, 0.4) is 0 Å². The lowest BCUT2D eigenvalue weighted by Crippen LogP contribution is -2.19. The van der Waals surface area contributed by atoms with Crippen molar-refractivity contribution in [2.75, 3.05) is 18.6 Å². The average molecular weight is 322 g/mol. The van der Waals surface area contributed by atoms with Crippen molar-refractivity contribution in [2.24, 2.45) is 0 Å². The Balaban J connectivity index is 1.58. The maximum absolute atomic E-state index is 5.45. The molecule has 4 rings (SSSR count). The van der Waals surface area contributed by atoms with E-state index in [-0.39, 0.29) is 0 Å². The molecule has 0 unspecified atom stereocenters. The van der Waals surface area contributed by atoms with Crippen LogP contribution in [0.5, 0.6) is 5.75 Å². The number of hydrogen-bond acceptors (Lipinski definition) is 4. The summed E-state index contributed by atoms with van der Waals surface area (Å²) in [5.74, 6) is 0.875. The second-order valence-corrected chi connectivity index (χ2v) is 6.50. The molecule has 3 aromatic rings. The van der Waals surface area contributed by atoms with Gasteiger partial charge in [0.2, 0.25) is 0 Å². The number of thiazole rings is 1. The molecule has 116 valence electrons. The van der Waals surface area contributed by atoms with Gasteiger partial charge in [-0.25, -0.2) is 4.98 Å². The number of para-hydroxylation sites is 2. The average Bonchev–Trinajstić information content (AvgIpc) is 3.23. The number of hydrogen-bond donors (Lipinski definition) is 0. The van der Waals surface area contributed by atoms with Gasteiger partial charge >= 0.3 is 0 Å². The summed E-state index contributed by atoms with van der Waals surface area (Å²) in [6.07, 6.45) is 1.12. The Bertz CT molecular complexity index is 827. The maximum Gasteiger partial charge on any atom is 0.129 e. The molecule has 3 nitrogen and oxygen atoms in total. The molecule has 4 heteroatoms. The van der Waals surface area contributed by atoms with Crippen LogP contribution < -0.4 is 9.64 Å². The fraction of sp³-hybridized carbons (Fsp3) is 0.211. The molecule has 0 atom stereocenters. The Morgan fingerprint density at radius 2 is 1.96 bits per heavy atom. The molecule has 1 aromatic heterocycles. The lowest BCUT2D eigenvalue weighted by atomic mass is 10.2. The number of aromatic nitrogens is 1. The third-order valence-corrected chi connectivity index (χ3v) is 5.15. The van der Waals surface area contributed by atoms with E-state index in [0.29, 0.717) is 0 Å². The fourth-order valence-corrected chi connectivity index (χ4v) is 3.93. The summed E-state index contributed by atoms with van der Waals surface area (Å²) >= 11 is 1.68. The topological polar surface area (TPSA) is 25.4 Å². The van der Waals surface area contributed by atoms with Crippen molar-refractivity contribution in [3.8, 4) is 16.3 Å². The van der Waals surface area contributed by atoms with Crippen molar-refractivity contribution in [1.82, 2.24) is 4.98 Å². The standard InChI is InChI=1S/C19H18N2OS/c1-22-18-9-5-3-7-16(18)19-20-15(13-23-19)12-21-11-10-14-6-2-4-8-17(14)21/h2-9,13H,10-12H2,1H3. The van der Waals surface area contributed by atoms with E-state index in [1.54, 1.807) is 18.4 Å². The first-order chi connectivity index (χ1) is 11.3. The summed E-state index contributed by atoms with van der Waals surface area (Å²) in [7, 11) is 1.70. The molecular formula is C19H18N2OS. The highest BCUT2D eigenvalue weighted by Crippen LogP contribution is 2.33. The summed E-state index contributed by atoms with van der Waals surface area (Å²) in [5, 5.41) is 3.17. The van der Waals surface area contributed by atoms with E-state index in [1.165, 1.54) is 11.3 Å². The number of benzene rings is 2. The second-order valence-electron chi connectivity index (χ2n) is 5.64. The normalized spacial score (nSPS) is 13.2. The number of rotatable bonds is 4. The molecule has 0 aliphatic carbocycles. The minimum atomic E-state index is 0.864. The number of methoxy groups -OCH3 is 1. The summed E-state index contributed by atoms with van der Waals surface area (Å²) in [6, 6.07) is 16.7. The Morgan fingerprint density at radius 3 is 2.87 bits per heavy atom. The Hall–Kier alpha value is -2.33. The predicted octanol–water partition coefficient (Wildman–Crippen LogP) is 4.38. The minimum Gasteiger partial charge on any atom is -0.496 e. The summed E-state index contributed by atoms with van der Waals surface area (Å²) in [5.41, 5.74) is 4.97. The van der Waals surface area contributed by atoms with Crippen molar-refractivity contribution < 1.29 is 4.74 Å². The molecule has 2 aromatic carbocycles. The molecular weight excluding hydrogens is 304 g/mol. The summed E-state index contributed by atoms with van der Waals surface area (Å²) < 4.78 is 5.45. The van der Waals surface area contributed by atoms with E-state index in [2.05, 4.69) is 40.6 Å². The van der Waals surface area contributed by atoms with E-state index in [1.807, 2.05) is 18.2 Å². The van der Waals surface area contributed by atoms with Crippen LogP contribution in [0.4, 0.5) is 5.69 Å². The van der Waals surface area contributed by atoms with Crippen molar-refractivity contribution in [2.45, 2.75) is 13.0 Å². The van der Waals surface area contributed by atoms with Gasteiger partial charge < -0.3 is 9.64 Å². The van der Waals surface area contributed by atoms with Crippen LogP contribution in [0.1, 0.15) is 11.3 Å². The van der Waals surface area contributed by atoms with E-state index >= 15 is 0 Å².